The van der Waals surface area contributed by atoms with Gasteiger partial charge in [0.05, 0.1) is 0 Å². The Labute approximate surface area is 187 Å². The molecule has 2 aliphatic heterocycles. The maximum Gasteiger partial charge on any atom is 0.110 e. The molecule has 1 aromatic rings. The number of nitrogens with one attached hydrogen (secondary N) is 1. The van der Waals surface area contributed by atoms with Crippen LogP contribution in [0.2, 0.25) is 0 Å². The summed E-state index contributed by atoms with van der Waals surface area (Å²) in [5.41, 5.74) is 0.115. The first-order valence-corrected chi connectivity index (χ1v) is 12.8. The monoisotopic (exact) mass is 427 g/mol. The van der Waals surface area contributed by atoms with Gasteiger partial charge in [-0.2, -0.15) is 0 Å². The van der Waals surface area contributed by atoms with E-state index >= 15 is 0 Å². The number of aliphatic hydroxyl groups is 2. The normalized spacial score (nSPS) is 32.6. The molecule has 0 bridgehead atoms. The Morgan fingerprint density at radius 2 is 1.71 bits per heavy atom. The number of piperidine rings is 1. The predicted molar refractivity (Wildman–Crippen MR) is 124 cm³/mol. The van der Waals surface area contributed by atoms with Crippen molar-refractivity contribution in [2.45, 2.75) is 69.2 Å². The van der Waals surface area contributed by atoms with Crippen molar-refractivity contribution in [3.8, 4) is 0 Å². The first-order chi connectivity index (χ1) is 15.1. The minimum Gasteiger partial charge on any atom is -0.383 e. The summed E-state index contributed by atoms with van der Waals surface area (Å²) in [4.78, 5) is 4.73. The summed E-state index contributed by atoms with van der Waals surface area (Å²) in [5, 5.41) is 26.8. The number of aliphatic hydroxyl groups excluding tert-OH is 1. The third-order valence-corrected chi connectivity index (χ3v) is 8.50. The van der Waals surface area contributed by atoms with Gasteiger partial charge in [0.2, 0.25) is 0 Å². The number of β-amino-alcohol motifs (C(OH)–C–C–N with tert-alkyl or cyclic N) is 1. The van der Waals surface area contributed by atoms with E-state index < -0.39 is 11.8 Å². The highest BCUT2D eigenvalue weighted by Crippen LogP contribution is 2.41. The SMILES string of the molecule is OC(C1CCCC1)N1C[C@H](CN2CCC(NCC3CC3)CC2)[C@@](O)(c2ccccc2)C1. The molecule has 31 heavy (non-hydrogen) atoms. The van der Waals surface area contributed by atoms with E-state index in [1.165, 1.54) is 45.1 Å². The number of benzene rings is 1. The van der Waals surface area contributed by atoms with Crippen LogP contribution in [0, 0.1) is 17.8 Å². The Morgan fingerprint density at radius 3 is 2.39 bits per heavy atom. The van der Waals surface area contributed by atoms with E-state index in [2.05, 4.69) is 27.2 Å². The second-order valence-electron chi connectivity index (χ2n) is 10.8. The molecule has 172 valence electrons. The number of likely N-dealkylation sites (tertiary alicyclic amines) is 2. The lowest BCUT2D eigenvalue weighted by atomic mass is 9.83. The summed E-state index contributed by atoms with van der Waals surface area (Å²) in [5.74, 6) is 1.43. The molecule has 4 aliphatic rings. The van der Waals surface area contributed by atoms with Gasteiger partial charge in [-0.05, 0) is 75.6 Å². The quantitative estimate of drug-likeness (QED) is 0.596. The number of hydrogen-bond acceptors (Lipinski definition) is 5. The van der Waals surface area contributed by atoms with Crippen molar-refractivity contribution in [3.05, 3.63) is 35.9 Å². The van der Waals surface area contributed by atoms with E-state index in [1.54, 1.807) is 0 Å². The summed E-state index contributed by atoms with van der Waals surface area (Å²) in [7, 11) is 0. The Kier molecular flexibility index (Phi) is 6.68. The summed E-state index contributed by atoms with van der Waals surface area (Å²) in [6.45, 7) is 5.65. The second-order valence-corrected chi connectivity index (χ2v) is 10.8. The second kappa shape index (κ2) is 9.48. The van der Waals surface area contributed by atoms with Crippen LogP contribution in [0.3, 0.4) is 0 Å². The summed E-state index contributed by atoms with van der Waals surface area (Å²) < 4.78 is 0. The van der Waals surface area contributed by atoms with Gasteiger partial charge in [-0.15, -0.1) is 0 Å². The van der Waals surface area contributed by atoms with Crippen molar-refractivity contribution in [1.82, 2.24) is 15.1 Å². The van der Waals surface area contributed by atoms with Crippen LogP contribution in [-0.2, 0) is 5.60 Å². The number of hydrogen-bond donors (Lipinski definition) is 3. The summed E-state index contributed by atoms with van der Waals surface area (Å²) in [6.07, 6.45) is 9.51. The minimum atomic E-state index is -0.887. The molecule has 0 radical (unpaired) electrons. The molecule has 2 saturated heterocycles. The first kappa shape index (κ1) is 21.8. The molecular weight excluding hydrogens is 386 g/mol. The molecule has 5 nitrogen and oxygen atoms in total. The fourth-order valence-electron chi connectivity index (χ4n) is 6.24. The van der Waals surface area contributed by atoms with E-state index in [4.69, 9.17) is 0 Å². The zero-order valence-electron chi connectivity index (χ0n) is 19.0. The summed E-state index contributed by atoms with van der Waals surface area (Å²) >= 11 is 0. The summed E-state index contributed by atoms with van der Waals surface area (Å²) in [6, 6.07) is 10.9. The molecule has 4 fully saturated rings. The molecule has 5 rings (SSSR count). The van der Waals surface area contributed by atoms with Crippen LogP contribution in [0.1, 0.15) is 56.9 Å². The van der Waals surface area contributed by atoms with Gasteiger partial charge in [-0.3, -0.25) is 4.90 Å². The van der Waals surface area contributed by atoms with E-state index in [0.29, 0.717) is 18.5 Å². The minimum absolute atomic E-state index is 0.127. The molecule has 1 aromatic carbocycles. The van der Waals surface area contributed by atoms with E-state index in [-0.39, 0.29) is 5.92 Å². The Balaban J connectivity index is 1.23. The largest absolute Gasteiger partial charge is 0.383 e. The number of rotatable bonds is 8. The zero-order valence-corrected chi connectivity index (χ0v) is 19.0. The van der Waals surface area contributed by atoms with E-state index in [1.807, 2.05) is 18.2 Å². The van der Waals surface area contributed by atoms with Crippen molar-refractivity contribution < 1.29 is 10.2 Å². The van der Waals surface area contributed by atoms with Crippen LogP contribution < -0.4 is 5.32 Å². The van der Waals surface area contributed by atoms with Crippen LogP contribution in [0.15, 0.2) is 30.3 Å². The molecular formula is C26H41N3O2. The van der Waals surface area contributed by atoms with Crippen LogP contribution in [0.4, 0.5) is 0 Å². The van der Waals surface area contributed by atoms with Gasteiger partial charge in [0, 0.05) is 31.6 Å². The molecule has 2 heterocycles. The van der Waals surface area contributed by atoms with Crippen LogP contribution in [-0.4, -0.2) is 71.6 Å². The molecule has 0 amide bonds. The highest BCUT2D eigenvalue weighted by Gasteiger charge is 2.49. The lowest BCUT2D eigenvalue weighted by Crippen LogP contribution is -2.47. The lowest BCUT2D eigenvalue weighted by Gasteiger charge is -2.37. The fraction of sp³-hybridized carbons (Fsp3) is 0.769. The van der Waals surface area contributed by atoms with E-state index in [0.717, 1.165) is 50.5 Å². The Bertz CT molecular complexity index is 698. The molecule has 0 aromatic heterocycles. The maximum atomic E-state index is 11.9. The standard InChI is InChI=1S/C26H41N3O2/c30-25(21-6-4-5-7-21)29-18-23(26(31,19-29)22-8-2-1-3-9-22)17-28-14-12-24(13-15-28)27-16-20-10-11-20/h1-3,8-9,20-21,23-25,27,30-31H,4-7,10-19H2/t23-,25?,26-/m0/s1. The average Bonchev–Trinajstić information content (AvgIpc) is 3.34. The third kappa shape index (κ3) is 5.01. The highest BCUT2D eigenvalue weighted by atomic mass is 16.3. The molecule has 2 aliphatic carbocycles. The fourth-order valence-corrected chi connectivity index (χ4v) is 6.24. The van der Waals surface area contributed by atoms with Crippen molar-refractivity contribution in [3.63, 3.8) is 0 Å². The number of nitrogens with zero attached hydrogens (tertiary/aromatic N) is 2. The van der Waals surface area contributed by atoms with Gasteiger partial charge in [0.1, 0.15) is 11.8 Å². The first-order valence-electron chi connectivity index (χ1n) is 12.8. The van der Waals surface area contributed by atoms with Gasteiger partial charge < -0.3 is 20.4 Å². The van der Waals surface area contributed by atoms with Gasteiger partial charge in [0.15, 0.2) is 0 Å². The van der Waals surface area contributed by atoms with Crippen molar-refractivity contribution in [1.29, 1.82) is 0 Å². The molecule has 0 spiro atoms. The topological polar surface area (TPSA) is 59.0 Å². The predicted octanol–water partition coefficient (Wildman–Crippen LogP) is 2.78. The molecule has 5 heteroatoms. The molecule has 1 unspecified atom stereocenters. The van der Waals surface area contributed by atoms with Gasteiger partial charge in [-0.1, -0.05) is 43.2 Å². The van der Waals surface area contributed by atoms with Crippen molar-refractivity contribution >= 4 is 0 Å². The van der Waals surface area contributed by atoms with Gasteiger partial charge in [-0.25, -0.2) is 0 Å². The van der Waals surface area contributed by atoms with Crippen LogP contribution in [0.25, 0.3) is 0 Å². The maximum absolute atomic E-state index is 11.9. The average molecular weight is 428 g/mol. The molecule has 3 N–H and O–H groups in total. The van der Waals surface area contributed by atoms with Crippen LogP contribution >= 0.6 is 0 Å². The van der Waals surface area contributed by atoms with Crippen LogP contribution in [0.5, 0.6) is 0 Å². The van der Waals surface area contributed by atoms with Crippen molar-refractivity contribution in [2.75, 3.05) is 39.3 Å². The van der Waals surface area contributed by atoms with Crippen molar-refractivity contribution in [2.24, 2.45) is 17.8 Å². The molecule has 3 atom stereocenters. The zero-order chi connectivity index (χ0) is 21.3. The smallest absolute Gasteiger partial charge is 0.110 e. The highest BCUT2D eigenvalue weighted by molar-refractivity contribution is 5.26. The Hall–Kier alpha value is -0.980. The third-order valence-electron chi connectivity index (χ3n) is 8.50. The van der Waals surface area contributed by atoms with Gasteiger partial charge in [0.25, 0.3) is 0 Å². The lowest BCUT2D eigenvalue weighted by molar-refractivity contribution is -0.0478. The van der Waals surface area contributed by atoms with Gasteiger partial charge >= 0.3 is 0 Å². The van der Waals surface area contributed by atoms with E-state index in [9.17, 15) is 10.2 Å². The Morgan fingerprint density at radius 1 is 1.00 bits per heavy atom. The molecule has 2 saturated carbocycles.